The summed E-state index contributed by atoms with van der Waals surface area (Å²) in [6.45, 7) is 4.44. The third kappa shape index (κ3) is 2.36. The van der Waals surface area contributed by atoms with E-state index in [0.29, 0.717) is 11.2 Å². The van der Waals surface area contributed by atoms with Crippen molar-refractivity contribution in [2.24, 2.45) is 0 Å². The van der Waals surface area contributed by atoms with Crippen LogP contribution >= 0.6 is 11.6 Å². The van der Waals surface area contributed by atoms with Crippen LogP contribution in [0.5, 0.6) is 0 Å². The number of amides is 2. The van der Waals surface area contributed by atoms with E-state index in [0.717, 1.165) is 50.2 Å². The minimum atomic E-state index is 0.175. The molecule has 2 atom stereocenters. The number of piperidine rings is 1. The predicted octanol–water partition coefficient (Wildman–Crippen LogP) is 2.78. The molecule has 2 aromatic rings. The fourth-order valence-electron chi connectivity index (χ4n) is 3.87. The number of hydrogen-bond acceptors (Lipinski definition) is 3. The fourth-order valence-corrected chi connectivity index (χ4v) is 4.06. The molecule has 2 amide bonds. The molecule has 4 rings (SSSR count). The SMILES string of the molecule is CCN1CCC2CCC(c3ncc4c(Cl)nccn34)CN2C1=O. The van der Waals surface area contributed by atoms with Crippen LogP contribution in [-0.4, -0.2) is 55.9 Å². The first-order chi connectivity index (χ1) is 11.2. The quantitative estimate of drug-likeness (QED) is 0.849. The summed E-state index contributed by atoms with van der Waals surface area (Å²) in [4.78, 5) is 25.3. The van der Waals surface area contributed by atoms with Crippen LogP contribution in [-0.2, 0) is 0 Å². The van der Waals surface area contributed by atoms with Crippen LogP contribution in [0.4, 0.5) is 4.79 Å². The Morgan fingerprint density at radius 2 is 2.17 bits per heavy atom. The van der Waals surface area contributed by atoms with E-state index in [1.807, 2.05) is 27.3 Å². The van der Waals surface area contributed by atoms with Gasteiger partial charge in [0.15, 0.2) is 5.15 Å². The van der Waals surface area contributed by atoms with E-state index in [4.69, 9.17) is 11.6 Å². The molecule has 2 aromatic heterocycles. The second-order valence-electron chi connectivity index (χ2n) is 6.32. The highest BCUT2D eigenvalue weighted by atomic mass is 35.5. The lowest BCUT2D eigenvalue weighted by molar-refractivity contribution is 0.0737. The summed E-state index contributed by atoms with van der Waals surface area (Å²) >= 11 is 6.14. The summed E-state index contributed by atoms with van der Waals surface area (Å²) < 4.78 is 2.01. The van der Waals surface area contributed by atoms with Crippen molar-refractivity contribution >= 4 is 23.1 Å². The monoisotopic (exact) mass is 333 g/mol. The summed E-state index contributed by atoms with van der Waals surface area (Å²) in [5.74, 6) is 1.22. The molecule has 2 unspecified atom stereocenters. The Morgan fingerprint density at radius 3 is 3.00 bits per heavy atom. The average Bonchev–Trinajstić information content (AvgIpc) is 3.01. The first-order valence-corrected chi connectivity index (χ1v) is 8.59. The number of nitrogens with zero attached hydrogens (tertiary/aromatic N) is 5. The standard InChI is InChI=1S/C16H20ClN5O/c1-2-20-7-5-12-4-3-11(10-22(12)16(20)23)15-19-9-13-14(17)18-6-8-21(13)15/h6,8-9,11-12H,2-5,7,10H2,1H3. The molecule has 2 fully saturated rings. The Labute approximate surface area is 140 Å². The van der Waals surface area contributed by atoms with Crippen molar-refractivity contribution in [3.05, 3.63) is 29.6 Å². The fraction of sp³-hybridized carbons (Fsp3) is 0.562. The van der Waals surface area contributed by atoms with Crippen molar-refractivity contribution in [3.8, 4) is 0 Å². The van der Waals surface area contributed by atoms with Crippen molar-refractivity contribution in [2.45, 2.75) is 38.1 Å². The van der Waals surface area contributed by atoms with Gasteiger partial charge in [-0.1, -0.05) is 11.6 Å². The summed E-state index contributed by atoms with van der Waals surface area (Å²) in [7, 11) is 0. The zero-order chi connectivity index (χ0) is 16.0. The van der Waals surface area contributed by atoms with E-state index in [-0.39, 0.29) is 11.9 Å². The van der Waals surface area contributed by atoms with E-state index in [1.165, 1.54) is 0 Å². The van der Waals surface area contributed by atoms with Gasteiger partial charge in [0.1, 0.15) is 11.3 Å². The number of fused-ring (bicyclic) bond motifs is 2. The number of aromatic nitrogens is 3. The molecule has 7 heteroatoms. The molecule has 0 N–H and O–H groups in total. The van der Waals surface area contributed by atoms with Gasteiger partial charge in [-0.3, -0.25) is 4.40 Å². The topological polar surface area (TPSA) is 53.7 Å². The zero-order valence-electron chi connectivity index (χ0n) is 13.2. The molecule has 0 aromatic carbocycles. The smallest absolute Gasteiger partial charge is 0.320 e. The van der Waals surface area contributed by atoms with E-state index in [2.05, 4.69) is 9.97 Å². The molecule has 0 saturated carbocycles. The van der Waals surface area contributed by atoms with Gasteiger partial charge < -0.3 is 9.80 Å². The molecule has 2 saturated heterocycles. The summed E-state index contributed by atoms with van der Waals surface area (Å²) in [6.07, 6.45) is 8.53. The Hall–Kier alpha value is -1.82. The van der Waals surface area contributed by atoms with E-state index >= 15 is 0 Å². The van der Waals surface area contributed by atoms with Crippen LogP contribution in [0.15, 0.2) is 18.6 Å². The minimum absolute atomic E-state index is 0.175. The third-order valence-electron chi connectivity index (χ3n) is 5.14. The lowest BCUT2D eigenvalue weighted by atomic mass is 9.89. The molecule has 2 aliphatic rings. The molecule has 0 aliphatic carbocycles. The first kappa shape index (κ1) is 14.8. The molecule has 0 bridgehead atoms. The lowest BCUT2D eigenvalue weighted by Crippen LogP contribution is -2.57. The number of rotatable bonds is 2. The van der Waals surface area contributed by atoms with Crippen molar-refractivity contribution in [2.75, 3.05) is 19.6 Å². The Bertz CT molecular complexity index is 745. The Balaban J connectivity index is 1.63. The number of carbonyl (C=O) groups excluding carboxylic acids is 1. The average molecular weight is 334 g/mol. The van der Waals surface area contributed by atoms with Crippen LogP contribution < -0.4 is 0 Å². The highest BCUT2D eigenvalue weighted by Gasteiger charge is 2.38. The molecule has 0 spiro atoms. The molecular formula is C16H20ClN5O. The van der Waals surface area contributed by atoms with Gasteiger partial charge in [-0.25, -0.2) is 14.8 Å². The van der Waals surface area contributed by atoms with Crippen LogP contribution in [0.1, 0.15) is 37.9 Å². The van der Waals surface area contributed by atoms with Gasteiger partial charge in [-0.15, -0.1) is 0 Å². The maximum atomic E-state index is 12.6. The highest BCUT2D eigenvalue weighted by Crippen LogP contribution is 2.34. The van der Waals surface area contributed by atoms with E-state index in [1.54, 1.807) is 12.4 Å². The highest BCUT2D eigenvalue weighted by molar-refractivity contribution is 6.32. The Morgan fingerprint density at radius 1 is 1.30 bits per heavy atom. The molecule has 23 heavy (non-hydrogen) atoms. The number of urea groups is 1. The molecule has 0 radical (unpaired) electrons. The summed E-state index contributed by atoms with van der Waals surface area (Å²) in [5, 5.41) is 0.464. The van der Waals surface area contributed by atoms with Gasteiger partial charge in [-0.05, 0) is 26.2 Å². The zero-order valence-corrected chi connectivity index (χ0v) is 13.9. The van der Waals surface area contributed by atoms with Gasteiger partial charge in [0.2, 0.25) is 0 Å². The number of hydrogen-bond donors (Lipinski definition) is 0. The minimum Gasteiger partial charge on any atom is -0.325 e. The molecule has 6 nitrogen and oxygen atoms in total. The largest absolute Gasteiger partial charge is 0.325 e. The van der Waals surface area contributed by atoms with E-state index < -0.39 is 0 Å². The first-order valence-electron chi connectivity index (χ1n) is 8.22. The number of halogens is 1. The van der Waals surface area contributed by atoms with Crippen molar-refractivity contribution in [3.63, 3.8) is 0 Å². The van der Waals surface area contributed by atoms with Gasteiger partial charge in [0.25, 0.3) is 0 Å². The number of imidazole rings is 1. The molecular weight excluding hydrogens is 314 g/mol. The predicted molar refractivity (Wildman–Crippen MR) is 87.7 cm³/mol. The van der Waals surface area contributed by atoms with E-state index in [9.17, 15) is 4.79 Å². The maximum Gasteiger partial charge on any atom is 0.320 e. The maximum absolute atomic E-state index is 12.6. The number of carbonyl (C=O) groups is 1. The lowest BCUT2D eigenvalue weighted by Gasteiger charge is -2.45. The third-order valence-corrected chi connectivity index (χ3v) is 5.43. The van der Waals surface area contributed by atoms with Gasteiger partial charge in [0, 0.05) is 44.0 Å². The van der Waals surface area contributed by atoms with Gasteiger partial charge in [-0.2, -0.15) is 0 Å². The van der Waals surface area contributed by atoms with Crippen molar-refractivity contribution in [1.29, 1.82) is 0 Å². The van der Waals surface area contributed by atoms with Gasteiger partial charge >= 0.3 is 6.03 Å². The normalized spacial score (nSPS) is 25.0. The second kappa shape index (κ2) is 5.67. The van der Waals surface area contributed by atoms with Crippen LogP contribution in [0.3, 0.4) is 0 Å². The molecule has 4 heterocycles. The second-order valence-corrected chi connectivity index (χ2v) is 6.68. The van der Waals surface area contributed by atoms with Crippen LogP contribution in [0, 0.1) is 0 Å². The van der Waals surface area contributed by atoms with Crippen LogP contribution in [0.25, 0.3) is 5.52 Å². The van der Waals surface area contributed by atoms with Crippen LogP contribution in [0.2, 0.25) is 5.15 Å². The Kier molecular flexibility index (Phi) is 3.64. The summed E-state index contributed by atoms with van der Waals surface area (Å²) in [6, 6.07) is 0.562. The summed E-state index contributed by atoms with van der Waals surface area (Å²) in [5.41, 5.74) is 0.825. The molecule has 2 aliphatic heterocycles. The van der Waals surface area contributed by atoms with Gasteiger partial charge in [0.05, 0.1) is 6.20 Å². The van der Waals surface area contributed by atoms with Crippen molar-refractivity contribution < 1.29 is 4.79 Å². The molecule has 122 valence electrons. The van der Waals surface area contributed by atoms with Crippen molar-refractivity contribution in [1.82, 2.24) is 24.2 Å².